The quantitative estimate of drug-likeness (QED) is 0.921. The summed E-state index contributed by atoms with van der Waals surface area (Å²) in [4.78, 5) is 17.1. The normalized spacial score (nSPS) is 24.0. The van der Waals surface area contributed by atoms with Crippen molar-refractivity contribution in [2.75, 3.05) is 6.61 Å². The third kappa shape index (κ3) is 2.67. The lowest BCUT2D eigenvalue weighted by molar-refractivity contribution is 0.0770. The number of hydrogen-bond donors (Lipinski definition) is 1. The van der Waals surface area contributed by atoms with E-state index in [-0.39, 0.29) is 18.1 Å². The van der Waals surface area contributed by atoms with Crippen molar-refractivity contribution in [2.45, 2.75) is 50.9 Å². The molecule has 1 amide bonds. The summed E-state index contributed by atoms with van der Waals surface area (Å²) in [5.74, 6) is 0.880. The van der Waals surface area contributed by atoms with Gasteiger partial charge in [-0.05, 0) is 38.3 Å². The Kier molecular flexibility index (Phi) is 3.69. The van der Waals surface area contributed by atoms with Crippen LogP contribution >= 0.6 is 0 Å². The zero-order valence-corrected chi connectivity index (χ0v) is 13.3. The molecule has 0 bridgehead atoms. The fraction of sp³-hybridized carbons (Fsp3) is 0.529. The van der Waals surface area contributed by atoms with Crippen molar-refractivity contribution in [2.24, 2.45) is 0 Å². The maximum Gasteiger partial charge on any atom is 0.268 e. The number of aryl methyl sites for hydroxylation is 1. The molecule has 6 nitrogen and oxygen atoms in total. The van der Waals surface area contributed by atoms with Crippen molar-refractivity contribution in [1.82, 2.24) is 19.4 Å². The summed E-state index contributed by atoms with van der Waals surface area (Å²) in [7, 11) is 0. The van der Waals surface area contributed by atoms with E-state index in [0.29, 0.717) is 12.6 Å². The molecule has 23 heavy (non-hydrogen) atoms. The van der Waals surface area contributed by atoms with Crippen LogP contribution < -0.4 is 5.32 Å². The molecule has 0 aromatic carbocycles. The monoisotopic (exact) mass is 314 g/mol. The summed E-state index contributed by atoms with van der Waals surface area (Å²) in [6.07, 6.45) is 8.72. The van der Waals surface area contributed by atoms with Crippen LogP contribution in [0.15, 0.2) is 30.7 Å². The molecule has 1 N–H and O–H groups in total. The van der Waals surface area contributed by atoms with Gasteiger partial charge in [-0.2, -0.15) is 0 Å². The lowest BCUT2D eigenvalue weighted by Gasteiger charge is -2.20. The van der Waals surface area contributed by atoms with Crippen molar-refractivity contribution in [3.63, 3.8) is 0 Å². The molecule has 1 aliphatic heterocycles. The number of ether oxygens (including phenoxy) is 1. The van der Waals surface area contributed by atoms with Gasteiger partial charge in [-0.15, -0.1) is 0 Å². The summed E-state index contributed by atoms with van der Waals surface area (Å²) >= 11 is 0. The Balaban J connectivity index is 1.51. The molecule has 2 fully saturated rings. The largest absolute Gasteiger partial charge is 0.368 e. The maximum atomic E-state index is 12.7. The average molecular weight is 314 g/mol. The second-order valence-electron chi connectivity index (χ2n) is 6.26. The lowest BCUT2D eigenvalue weighted by atomic mass is 10.1. The van der Waals surface area contributed by atoms with E-state index in [1.165, 1.54) is 0 Å². The zero-order valence-electron chi connectivity index (χ0n) is 13.3. The van der Waals surface area contributed by atoms with Crippen LogP contribution in [0, 0.1) is 0 Å². The Hall–Kier alpha value is -2.08. The number of hydrogen-bond acceptors (Lipinski definition) is 3. The molecule has 1 saturated carbocycles. The lowest BCUT2D eigenvalue weighted by Crippen LogP contribution is -2.38. The van der Waals surface area contributed by atoms with Gasteiger partial charge in [-0.25, -0.2) is 4.98 Å². The van der Waals surface area contributed by atoms with E-state index < -0.39 is 0 Å². The Morgan fingerprint density at radius 3 is 3.04 bits per heavy atom. The van der Waals surface area contributed by atoms with E-state index in [1.54, 1.807) is 6.20 Å². The van der Waals surface area contributed by atoms with Crippen LogP contribution in [-0.2, 0) is 11.3 Å². The second-order valence-corrected chi connectivity index (χ2v) is 6.26. The first-order valence-corrected chi connectivity index (χ1v) is 8.38. The van der Waals surface area contributed by atoms with E-state index in [1.807, 2.05) is 24.5 Å². The third-order valence-electron chi connectivity index (χ3n) is 4.70. The van der Waals surface area contributed by atoms with Crippen LogP contribution in [0.3, 0.4) is 0 Å². The van der Waals surface area contributed by atoms with Crippen LogP contribution in [0.2, 0.25) is 0 Å². The number of carbonyl (C=O) groups excluding carboxylic acids is 1. The minimum atomic E-state index is -0.168. The van der Waals surface area contributed by atoms with Crippen molar-refractivity contribution >= 4 is 5.91 Å². The van der Waals surface area contributed by atoms with Crippen molar-refractivity contribution in [3.05, 3.63) is 42.2 Å². The highest BCUT2D eigenvalue weighted by Crippen LogP contribution is 2.36. The van der Waals surface area contributed by atoms with Crippen molar-refractivity contribution in [1.29, 1.82) is 0 Å². The highest BCUT2D eigenvalue weighted by molar-refractivity contribution is 5.93. The molecule has 1 saturated heterocycles. The van der Waals surface area contributed by atoms with E-state index in [0.717, 1.165) is 37.3 Å². The number of amides is 1. The van der Waals surface area contributed by atoms with E-state index in [9.17, 15) is 4.79 Å². The summed E-state index contributed by atoms with van der Waals surface area (Å²) in [5.41, 5.74) is 0.747. The van der Waals surface area contributed by atoms with Crippen LogP contribution in [0.5, 0.6) is 0 Å². The molecule has 1 aliphatic carbocycles. The first kappa shape index (κ1) is 14.5. The number of aromatic nitrogens is 3. The second kappa shape index (κ2) is 5.85. The van der Waals surface area contributed by atoms with Crippen molar-refractivity contribution < 1.29 is 9.53 Å². The average Bonchev–Trinajstić information content (AvgIpc) is 2.97. The molecule has 3 heterocycles. The van der Waals surface area contributed by atoms with Gasteiger partial charge in [0.15, 0.2) is 0 Å². The SMILES string of the molecule is CCn1ccnc1[C@H]1OCC[C@@H]1NC(=O)c1cccn1C1CC1. The van der Waals surface area contributed by atoms with Gasteiger partial charge >= 0.3 is 0 Å². The molecule has 2 atom stereocenters. The topological polar surface area (TPSA) is 61.1 Å². The molecule has 2 aromatic heterocycles. The molecular weight excluding hydrogens is 292 g/mol. The summed E-state index contributed by atoms with van der Waals surface area (Å²) in [5, 5.41) is 3.16. The molecule has 6 heteroatoms. The van der Waals surface area contributed by atoms with Gasteiger partial charge in [-0.3, -0.25) is 4.79 Å². The van der Waals surface area contributed by atoms with Gasteiger partial charge in [-0.1, -0.05) is 0 Å². The van der Waals surface area contributed by atoms with Gasteiger partial charge in [0.1, 0.15) is 17.6 Å². The summed E-state index contributed by atoms with van der Waals surface area (Å²) in [6.45, 7) is 3.58. The molecule has 0 spiro atoms. The van der Waals surface area contributed by atoms with Crippen LogP contribution in [0.4, 0.5) is 0 Å². The van der Waals surface area contributed by atoms with Crippen LogP contribution in [0.1, 0.15) is 54.6 Å². The Labute approximate surface area is 135 Å². The third-order valence-corrected chi connectivity index (χ3v) is 4.70. The minimum absolute atomic E-state index is 0.0167. The smallest absolute Gasteiger partial charge is 0.268 e. The predicted molar refractivity (Wildman–Crippen MR) is 85.2 cm³/mol. The van der Waals surface area contributed by atoms with E-state index in [2.05, 4.69) is 26.4 Å². The molecule has 2 aromatic rings. The van der Waals surface area contributed by atoms with Gasteiger partial charge in [0.2, 0.25) is 0 Å². The zero-order chi connectivity index (χ0) is 15.8. The van der Waals surface area contributed by atoms with Crippen LogP contribution in [0.25, 0.3) is 0 Å². The number of carbonyl (C=O) groups is 1. The molecule has 0 radical (unpaired) electrons. The molecular formula is C17H22N4O2. The Morgan fingerprint density at radius 2 is 2.26 bits per heavy atom. The number of nitrogens with zero attached hydrogens (tertiary/aromatic N) is 3. The highest BCUT2D eigenvalue weighted by atomic mass is 16.5. The van der Waals surface area contributed by atoms with Gasteiger partial charge in [0.25, 0.3) is 5.91 Å². The minimum Gasteiger partial charge on any atom is -0.368 e. The summed E-state index contributed by atoms with van der Waals surface area (Å²) < 4.78 is 10.0. The van der Waals surface area contributed by atoms with Gasteiger partial charge in [0.05, 0.1) is 6.04 Å². The molecule has 0 unspecified atom stereocenters. The standard InChI is InChI=1S/C17H22N4O2/c1-2-20-10-8-18-16(20)15-13(7-11-23-15)19-17(22)14-4-3-9-21(14)12-5-6-12/h3-4,8-10,12-13,15H,2,5-7,11H2,1H3,(H,19,22)/t13-,15-/m0/s1. The van der Waals surface area contributed by atoms with Crippen LogP contribution in [-0.4, -0.2) is 32.7 Å². The number of imidazole rings is 1. The predicted octanol–water partition coefficient (Wildman–Crippen LogP) is 2.30. The van der Waals surface area contributed by atoms with Crippen molar-refractivity contribution in [3.8, 4) is 0 Å². The molecule has 122 valence electrons. The van der Waals surface area contributed by atoms with E-state index in [4.69, 9.17) is 4.74 Å². The van der Waals surface area contributed by atoms with Gasteiger partial charge < -0.3 is 19.2 Å². The van der Waals surface area contributed by atoms with E-state index >= 15 is 0 Å². The number of rotatable bonds is 5. The highest BCUT2D eigenvalue weighted by Gasteiger charge is 2.35. The molecule has 4 rings (SSSR count). The molecule has 2 aliphatic rings. The fourth-order valence-electron chi connectivity index (χ4n) is 3.34. The Bertz CT molecular complexity index is 701. The summed E-state index contributed by atoms with van der Waals surface area (Å²) in [6, 6.07) is 4.31. The fourth-order valence-corrected chi connectivity index (χ4v) is 3.34. The first-order chi connectivity index (χ1) is 11.3. The first-order valence-electron chi connectivity index (χ1n) is 8.38. The van der Waals surface area contributed by atoms with Gasteiger partial charge in [0, 0.05) is 37.8 Å². The Morgan fingerprint density at radius 1 is 1.39 bits per heavy atom. The maximum absolute atomic E-state index is 12.7. The number of nitrogens with one attached hydrogen (secondary N) is 1.